The fourth-order valence-electron chi connectivity index (χ4n) is 2.44. The van der Waals surface area contributed by atoms with Gasteiger partial charge in [0.15, 0.2) is 0 Å². The first-order chi connectivity index (χ1) is 10.7. The van der Waals surface area contributed by atoms with E-state index in [2.05, 4.69) is 39.5 Å². The summed E-state index contributed by atoms with van der Waals surface area (Å²) in [5.74, 6) is -0.235. The predicted molar refractivity (Wildman–Crippen MR) is 95.1 cm³/mol. The van der Waals surface area contributed by atoms with E-state index >= 15 is 0 Å². The standard InChI is InChI=1S/C20H30O3/c1-6-20(5,22)12-8-11-17-14-18(23-19(17)21)13-16(4)10-7-9-15(2)3/h6,9,11,13,18,22H,1,7-8,10,12,14H2,2-5H3. The van der Waals surface area contributed by atoms with Crippen LogP contribution in [0.5, 0.6) is 0 Å². The number of hydrogen-bond donors (Lipinski definition) is 1. The van der Waals surface area contributed by atoms with Crippen LogP contribution in [0.2, 0.25) is 0 Å². The summed E-state index contributed by atoms with van der Waals surface area (Å²) in [5.41, 5.74) is 2.39. The largest absolute Gasteiger partial charge is 0.454 e. The predicted octanol–water partition coefficient (Wildman–Crippen LogP) is 4.64. The van der Waals surface area contributed by atoms with Gasteiger partial charge in [0.05, 0.1) is 5.60 Å². The number of cyclic esters (lactones) is 1. The maximum atomic E-state index is 11.9. The number of carbonyl (C=O) groups is 1. The van der Waals surface area contributed by atoms with Crippen LogP contribution >= 0.6 is 0 Å². The fourth-order valence-corrected chi connectivity index (χ4v) is 2.44. The second kappa shape index (κ2) is 8.88. The van der Waals surface area contributed by atoms with Gasteiger partial charge >= 0.3 is 5.97 Å². The van der Waals surface area contributed by atoms with Gasteiger partial charge in [0.25, 0.3) is 0 Å². The molecule has 0 saturated carbocycles. The van der Waals surface area contributed by atoms with E-state index in [1.807, 2.05) is 6.08 Å². The van der Waals surface area contributed by atoms with Gasteiger partial charge in [-0.15, -0.1) is 6.58 Å². The first-order valence-corrected chi connectivity index (χ1v) is 8.30. The summed E-state index contributed by atoms with van der Waals surface area (Å²) in [6.45, 7) is 11.6. The Hall–Kier alpha value is -1.61. The average molecular weight is 318 g/mol. The van der Waals surface area contributed by atoms with Gasteiger partial charge in [0, 0.05) is 12.0 Å². The molecule has 1 heterocycles. The molecule has 1 aliphatic rings. The Kier molecular flexibility index (Phi) is 7.50. The highest BCUT2D eigenvalue weighted by Crippen LogP contribution is 2.25. The first kappa shape index (κ1) is 19.4. The summed E-state index contributed by atoms with van der Waals surface area (Å²) in [5, 5.41) is 9.88. The molecule has 2 unspecified atom stereocenters. The van der Waals surface area contributed by atoms with Crippen LogP contribution in [0, 0.1) is 0 Å². The molecule has 1 fully saturated rings. The first-order valence-electron chi connectivity index (χ1n) is 8.30. The second-order valence-corrected chi connectivity index (χ2v) is 6.81. The van der Waals surface area contributed by atoms with Crippen molar-refractivity contribution in [1.29, 1.82) is 0 Å². The molecule has 0 aromatic carbocycles. The third kappa shape index (κ3) is 7.47. The van der Waals surface area contributed by atoms with E-state index in [0.29, 0.717) is 24.8 Å². The minimum atomic E-state index is -0.889. The number of rotatable bonds is 8. The highest BCUT2D eigenvalue weighted by molar-refractivity contribution is 5.90. The quantitative estimate of drug-likeness (QED) is 0.403. The van der Waals surface area contributed by atoms with E-state index in [9.17, 15) is 9.90 Å². The van der Waals surface area contributed by atoms with E-state index < -0.39 is 5.60 Å². The minimum absolute atomic E-state index is 0.152. The Balaban J connectivity index is 2.52. The van der Waals surface area contributed by atoms with Gasteiger partial charge in [-0.2, -0.15) is 0 Å². The van der Waals surface area contributed by atoms with Crippen LogP contribution in [0.15, 0.2) is 47.6 Å². The van der Waals surface area contributed by atoms with Crippen molar-refractivity contribution >= 4 is 5.97 Å². The SMILES string of the molecule is C=CC(C)(O)CCC=C1CC(C=C(C)CCC=C(C)C)OC1=O. The number of hydrogen-bond acceptors (Lipinski definition) is 3. The molecule has 1 aliphatic heterocycles. The lowest BCUT2D eigenvalue weighted by atomic mass is 9.99. The van der Waals surface area contributed by atoms with Gasteiger partial charge in [0.1, 0.15) is 6.10 Å². The van der Waals surface area contributed by atoms with Crippen molar-refractivity contribution in [2.24, 2.45) is 0 Å². The number of carbonyl (C=O) groups excluding carboxylic acids is 1. The van der Waals surface area contributed by atoms with Crippen molar-refractivity contribution in [3.63, 3.8) is 0 Å². The number of aliphatic hydroxyl groups is 1. The summed E-state index contributed by atoms with van der Waals surface area (Å²) in [7, 11) is 0. The molecule has 0 bridgehead atoms. The van der Waals surface area contributed by atoms with Gasteiger partial charge in [-0.05, 0) is 59.5 Å². The molecule has 3 heteroatoms. The molecule has 0 amide bonds. The van der Waals surface area contributed by atoms with Crippen LogP contribution in [0.4, 0.5) is 0 Å². The van der Waals surface area contributed by atoms with Gasteiger partial charge in [-0.25, -0.2) is 4.79 Å². The molecule has 0 aromatic rings. The summed E-state index contributed by atoms with van der Waals surface area (Å²) in [6, 6.07) is 0. The van der Waals surface area contributed by atoms with E-state index in [1.165, 1.54) is 17.2 Å². The Morgan fingerprint density at radius 3 is 2.70 bits per heavy atom. The number of allylic oxidation sites excluding steroid dienone is 4. The maximum Gasteiger partial charge on any atom is 0.334 e. The molecule has 0 aromatic heterocycles. The van der Waals surface area contributed by atoms with Crippen molar-refractivity contribution in [3.8, 4) is 0 Å². The van der Waals surface area contributed by atoms with Crippen LogP contribution < -0.4 is 0 Å². The van der Waals surface area contributed by atoms with Gasteiger partial charge in [-0.1, -0.05) is 29.4 Å². The molecular formula is C20H30O3. The molecule has 23 heavy (non-hydrogen) atoms. The van der Waals surface area contributed by atoms with Crippen molar-refractivity contribution in [1.82, 2.24) is 0 Å². The summed E-state index contributed by atoms with van der Waals surface area (Å²) < 4.78 is 5.40. The van der Waals surface area contributed by atoms with E-state index in [-0.39, 0.29) is 12.1 Å². The van der Waals surface area contributed by atoms with Crippen LogP contribution in [-0.4, -0.2) is 22.8 Å². The lowest BCUT2D eigenvalue weighted by molar-refractivity contribution is -0.137. The highest BCUT2D eigenvalue weighted by Gasteiger charge is 2.27. The minimum Gasteiger partial charge on any atom is -0.454 e. The smallest absolute Gasteiger partial charge is 0.334 e. The number of esters is 1. The fraction of sp³-hybridized carbons (Fsp3) is 0.550. The normalized spacial score (nSPS) is 22.7. The number of ether oxygens (including phenoxy) is 1. The zero-order valence-electron chi connectivity index (χ0n) is 14.9. The van der Waals surface area contributed by atoms with Crippen molar-refractivity contribution in [2.45, 2.75) is 71.5 Å². The third-order valence-electron chi connectivity index (χ3n) is 3.98. The van der Waals surface area contributed by atoms with Gasteiger partial charge in [-0.3, -0.25) is 0 Å². The molecule has 0 radical (unpaired) electrons. The third-order valence-corrected chi connectivity index (χ3v) is 3.98. The molecule has 1 rings (SSSR count). The van der Waals surface area contributed by atoms with Crippen LogP contribution in [-0.2, 0) is 9.53 Å². The molecule has 0 spiro atoms. The van der Waals surface area contributed by atoms with Gasteiger partial charge < -0.3 is 9.84 Å². The summed E-state index contributed by atoms with van der Waals surface area (Å²) >= 11 is 0. The van der Waals surface area contributed by atoms with Crippen molar-refractivity contribution < 1.29 is 14.6 Å². The summed E-state index contributed by atoms with van der Waals surface area (Å²) in [6.07, 6.45) is 11.3. The molecule has 0 aliphatic carbocycles. The van der Waals surface area contributed by atoms with Gasteiger partial charge in [0.2, 0.25) is 0 Å². The van der Waals surface area contributed by atoms with Crippen molar-refractivity contribution in [2.75, 3.05) is 0 Å². The van der Waals surface area contributed by atoms with Crippen LogP contribution in [0.25, 0.3) is 0 Å². The Morgan fingerprint density at radius 1 is 1.39 bits per heavy atom. The topological polar surface area (TPSA) is 46.5 Å². The zero-order chi connectivity index (χ0) is 17.5. The van der Waals surface area contributed by atoms with Crippen molar-refractivity contribution in [3.05, 3.63) is 47.6 Å². The molecule has 2 atom stereocenters. The molecule has 1 saturated heterocycles. The summed E-state index contributed by atoms with van der Waals surface area (Å²) in [4.78, 5) is 11.9. The second-order valence-electron chi connectivity index (χ2n) is 6.81. The van der Waals surface area contributed by atoms with E-state index in [1.54, 1.807) is 6.92 Å². The highest BCUT2D eigenvalue weighted by atomic mass is 16.5. The molecule has 3 nitrogen and oxygen atoms in total. The molecule has 128 valence electrons. The zero-order valence-corrected chi connectivity index (χ0v) is 14.9. The van der Waals surface area contributed by atoms with E-state index in [4.69, 9.17) is 4.74 Å². The van der Waals surface area contributed by atoms with E-state index in [0.717, 1.165) is 12.8 Å². The van der Waals surface area contributed by atoms with Crippen LogP contribution in [0.1, 0.15) is 59.8 Å². The monoisotopic (exact) mass is 318 g/mol. The molecular weight excluding hydrogens is 288 g/mol. The Labute approximate surface area is 140 Å². The average Bonchev–Trinajstić information content (AvgIpc) is 2.78. The van der Waals surface area contributed by atoms with Crippen LogP contribution in [0.3, 0.4) is 0 Å². The maximum absolute atomic E-state index is 11.9. The lowest BCUT2D eigenvalue weighted by Crippen LogP contribution is -2.19. The Morgan fingerprint density at radius 2 is 2.09 bits per heavy atom. The Bertz CT molecular complexity index is 517. The lowest BCUT2D eigenvalue weighted by Gasteiger charge is -2.16. The molecule has 1 N–H and O–H groups in total.